The van der Waals surface area contributed by atoms with Crippen molar-refractivity contribution in [1.82, 2.24) is 19.6 Å². The Morgan fingerprint density at radius 2 is 2.03 bits per heavy atom. The average Bonchev–Trinajstić information content (AvgIpc) is 3.45. The number of carbonyl (C=O) groups is 1. The number of amides is 1. The summed E-state index contributed by atoms with van der Waals surface area (Å²) < 4.78 is 47.3. The third-order valence-corrected chi connectivity index (χ3v) is 8.10. The van der Waals surface area contributed by atoms with Gasteiger partial charge >= 0.3 is 6.18 Å². The number of fused-ring (bicyclic) bond motifs is 1. The van der Waals surface area contributed by atoms with Gasteiger partial charge in [0, 0.05) is 49.7 Å². The van der Waals surface area contributed by atoms with Crippen molar-refractivity contribution in [2.75, 3.05) is 39.9 Å². The van der Waals surface area contributed by atoms with Crippen molar-refractivity contribution in [1.29, 1.82) is 0 Å². The third-order valence-electron chi connectivity index (χ3n) is 6.84. The molecule has 0 aliphatic carbocycles. The van der Waals surface area contributed by atoms with E-state index < -0.39 is 11.7 Å². The number of rotatable bonds is 6. The van der Waals surface area contributed by atoms with E-state index in [-0.39, 0.29) is 29.1 Å². The summed E-state index contributed by atoms with van der Waals surface area (Å²) in [6.45, 7) is 6.17. The molecule has 2 aliphatic rings. The Morgan fingerprint density at radius 3 is 2.77 bits per heavy atom. The molecule has 2 aliphatic heterocycles. The maximum absolute atomic E-state index is 13.5. The minimum atomic E-state index is -4.52. The van der Waals surface area contributed by atoms with Gasteiger partial charge in [0.05, 0.1) is 35.3 Å². The molecular formula is C27H27ClF3N5O2S. The van der Waals surface area contributed by atoms with Crippen LogP contribution in [0.25, 0.3) is 17.0 Å². The first kappa shape index (κ1) is 27.7. The number of hydrogen-bond donors (Lipinski definition) is 0. The van der Waals surface area contributed by atoms with E-state index in [9.17, 15) is 18.0 Å². The van der Waals surface area contributed by atoms with E-state index in [0.717, 1.165) is 43.2 Å². The number of nitrogens with zero attached hydrogens (tertiary/aromatic N) is 5. The number of benzene rings is 2. The summed E-state index contributed by atoms with van der Waals surface area (Å²) in [4.78, 5) is 22.1. The number of thioether (sulfide) groups is 1. The monoisotopic (exact) mass is 577 g/mol. The number of alkyl halides is 3. The van der Waals surface area contributed by atoms with Crippen LogP contribution in [-0.4, -0.2) is 76.6 Å². The Kier molecular flexibility index (Phi) is 8.04. The largest absolute Gasteiger partial charge is 0.416 e. The number of piperazine rings is 1. The lowest BCUT2D eigenvalue weighted by Crippen LogP contribution is -2.53. The Hall–Kier alpha value is -2.86. The van der Waals surface area contributed by atoms with Crippen molar-refractivity contribution in [2.45, 2.75) is 25.7 Å². The van der Waals surface area contributed by atoms with E-state index >= 15 is 0 Å². The highest BCUT2D eigenvalue weighted by Gasteiger charge is 2.34. The van der Waals surface area contributed by atoms with E-state index in [1.54, 1.807) is 25.4 Å². The summed E-state index contributed by atoms with van der Waals surface area (Å²) in [5.74, 6) is -0.276. The lowest BCUT2D eigenvalue weighted by Gasteiger charge is -2.40. The number of hydrogen-bond acceptors (Lipinski definition) is 6. The molecule has 12 heteroatoms. The zero-order valence-corrected chi connectivity index (χ0v) is 23.0. The Bertz CT molecular complexity index is 1450. The second-order valence-corrected chi connectivity index (χ2v) is 11.0. The van der Waals surface area contributed by atoms with Gasteiger partial charge in [-0.15, -0.1) is 0 Å². The first-order chi connectivity index (χ1) is 18.6. The summed E-state index contributed by atoms with van der Waals surface area (Å²) in [7, 11) is 1.70. The highest BCUT2D eigenvalue weighted by Crippen LogP contribution is 2.35. The molecule has 2 aromatic carbocycles. The fourth-order valence-corrected chi connectivity index (χ4v) is 6.06. The van der Waals surface area contributed by atoms with Gasteiger partial charge < -0.3 is 9.64 Å². The number of amidine groups is 1. The van der Waals surface area contributed by atoms with Crippen LogP contribution in [0.4, 0.5) is 13.2 Å². The molecule has 1 fully saturated rings. The molecule has 0 saturated carbocycles. The van der Waals surface area contributed by atoms with Crippen molar-refractivity contribution in [3.63, 3.8) is 0 Å². The predicted molar refractivity (Wildman–Crippen MR) is 148 cm³/mol. The summed E-state index contributed by atoms with van der Waals surface area (Å²) in [5.41, 5.74) is 0.768. The average molecular weight is 578 g/mol. The molecular weight excluding hydrogens is 551 g/mol. The van der Waals surface area contributed by atoms with Gasteiger partial charge in [-0.2, -0.15) is 23.3 Å². The van der Waals surface area contributed by atoms with Crippen LogP contribution in [0.15, 0.2) is 52.5 Å². The molecule has 0 N–H and O–H groups in total. The molecule has 5 rings (SSSR count). The number of halogens is 4. The summed E-state index contributed by atoms with van der Waals surface area (Å²) in [5, 5.41) is 5.80. The van der Waals surface area contributed by atoms with Gasteiger partial charge in [-0.1, -0.05) is 23.7 Å². The number of carbonyl (C=O) groups excluding carboxylic acids is 1. The normalized spacial score (nSPS) is 19.9. The molecule has 3 heterocycles. The molecule has 0 unspecified atom stereocenters. The standard InChI is InChI=1S/C27H27ClF3N5O2S/c1-17-15-34(9-10-38-2)7-8-35(17)26-33-25(37)24(39-26)12-18-3-6-23-20(11-18)14-32-36(23)16-19-4-5-21(28)13-22(19)27(29,30)31/h3-6,11-14,17H,7-10,15-16H2,1-2H3/t17-/m1/s1. The van der Waals surface area contributed by atoms with Gasteiger partial charge in [0.25, 0.3) is 5.91 Å². The maximum atomic E-state index is 13.5. The van der Waals surface area contributed by atoms with Gasteiger partial charge in [-0.25, -0.2) is 0 Å². The SMILES string of the molecule is COCCN1CCN(C2=NC(=O)C(=Cc3ccc4c(cnn4Cc4ccc(Cl)cc4C(F)(F)F)c3)S2)[C@H](C)C1. The predicted octanol–water partition coefficient (Wildman–Crippen LogP) is 5.38. The first-order valence-corrected chi connectivity index (χ1v) is 13.6. The molecule has 0 bridgehead atoms. The molecule has 1 amide bonds. The highest BCUT2D eigenvalue weighted by atomic mass is 35.5. The molecule has 0 radical (unpaired) electrons. The molecule has 1 aromatic heterocycles. The molecule has 1 saturated heterocycles. The van der Waals surface area contributed by atoms with Crippen LogP contribution in [-0.2, 0) is 22.3 Å². The minimum Gasteiger partial charge on any atom is -0.383 e. The van der Waals surface area contributed by atoms with Crippen LogP contribution in [0, 0.1) is 0 Å². The zero-order valence-electron chi connectivity index (χ0n) is 21.4. The summed E-state index contributed by atoms with van der Waals surface area (Å²) in [6, 6.07) is 9.45. The van der Waals surface area contributed by atoms with Gasteiger partial charge in [-0.05, 0) is 60.2 Å². The van der Waals surface area contributed by atoms with Gasteiger partial charge in [0.1, 0.15) is 0 Å². The lowest BCUT2D eigenvalue weighted by atomic mass is 10.1. The zero-order chi connectivity index (χ0) is 27.7. The first-order valence-electron chi connectivity index (χ1n) is 12.4. The number of ether oxygens (including phenoxy) is 1. The number of aromatic nitrogens is 2. The molecule has 0 spiro atoms. The molecule has 7 nitrogen and oxygen atoms in total. The van der Waals surface area contributed by atoms with Crippen molar-refractivity contribution in [2.24, 2.45) is 4.99 Å². The lowest BCUT2D eigenvalue weighted by molar-refractivity contribution is -0.138. The van der Waals surface area contributed by atoms with Crippen LogP contribution >= 0.6 is 23.4 Å². The fraction of sp³-hybridized carbons (Fsp3) is 0.370. The van der Waals surface area contributed by atoms with E-state index in [1.165, 1.54) is 28.6 Å². The fourth-order valence-electron chi connectivity index (χ4n) is 4.85. The van der Waals surface area contributed by atoms with Crippen molar-refractivity contribution in [3.8, 4) is 0 Å². The van der Waals surface area contributed by atoms with Crippen LogP contribution in [0.5, 0.6) is 0 Å². The topological polar surface area (TPSA) is 63.0 Å². The van der Waals surface area contributed by atoms with E-state index in [0.29, 0.717) is 22.2 Å². The van der Waals surface area contributed by atoms with Crippen LogP contribution in [0.1, 0.15) is 23.6 Å². The molecule has 206 valence electrons. The van der Waals surface area contributed by atoms with Crippen LogP contribution < -0.4 is 0 Å². The number of aliphatic imine (C=N–C) groups is 1. The smallest absolute Gasteiger partial charge is 0.383 e. The van der Waals surface area contributed by atoms with Crippen LogP contribution in [0.2, 0.25) is 5.02 Å². The van der Waals surface area contributed by atoms with Crippen molar-refractivity contribution in [3.05, 3.63) is 69.2 Å². The quantitative estimate of drug-likeness (QED) is 0.367. The maximum Gasteiger partial charge on any atom is 0.416 e. The summed E-state index contributed by atoms with van der Waals surface area (Å²) in [6.07, 6.45) is -1.12. The highest BCUT2D eigenvalue weighted by molar-refractivity contribution is 8.18. The third kappa shape index (κ3) is 6.16. The Labute approximate surface area is 233 Å². The van der Waals surface area contributed by atoms with Gasteiger partial charge in [0.2, 0.25) is 0 Å². The van der Waals surface area contributed by atoms with E-state index in [1.807, 2.05) is 12.1 Å². The molecule has 3 aromatic rings. The van der Waals surface area contributed by atoms with Crippen LogP contribution in [0.3, 0.4) is 0 Å². The summed E-state index contributed by atoms with van der Waals surface area (Å²) >= 11 is 7.18. The van der Waals surface area contributed by atoms with E-state index in [2.05, 4.69) is 26.8 Å². The minimum absolute atomic E-state index is 0.0272. The van der Waals surface area contributed by atoms with E-state index in [4.69, 9.17) is 16.3 Å². The Balaban J connectivity index is 1.30. The molecule has 39 heavy (non-hydrogen) atoms. The van der Waals surface area contributed by atoms with Crippen molar-refractivity contribution < 1.29 is 22.7 Å². The Morgan fingerprint density at radius 1 is 1.21 bits per heavy atom. The van der Waals surface area contributed by atoms with Crippen molar-refractivity contribution >= 4 is 51.4 Å². The molecule has 1 atom stereocenters. The second-order valence-electron chi connectivity index (χ2n) is 9.57. The van der Waals surface area contributed by atoms with Gasteiger partial charge in [-0.3, -0.25) is 14.4 Å². The second kappa shape index (κ2) is 11.3. The number of methoxy groups -OCH3 is 1. The van der Waals surface area contributed by atoms with Gasteiger partial charge in [0.15, 0.2) is 5.17 Å².